The van der Waals surface area contributed by atoms with Gasteiger partial charge in [0.25, 0.3) is 0 Å². The molecule has 18 heavy (non-hydrogen) atoms. The zero-order valence-corrected chi connectivity index (χ0v) is 11.2. The van der Waals surface area contributed by atoms with E-state index in [2.05, 4.69) is 5.32 Å². The number of hydrogen-bond acceptors (Lipinski definition) is 3. The van der Waals surface area contributed by atoms with Gasteiger partial charge in [-0.2, -0.15) is 0 Å². The van der Waals surface area contributed by atoms with E-state index in [1.807, 2.05) is 37.4 Å². The van der Waals surface area contributed by atoms with Gasteiger partial charge < -0.3 is 14.8 Å². The van der Waals surface area contributed by atoms with Gasteiger partial charge in [-0.25, -0.2) is 0 Å². The quantitative estimate of drug-likeness (QED) is 0.718. The van der Waals surface area contributed by atoms with Gasteiger partial charge in [-0.3, -0.25) is 0 Å². The molecule has 2 rings (SSSR count). The summed E-state index contributed by atoms with van der Waals surface area (Å²) in [5.74, 6) is 0.916. The summed E-state index contributed by atoms with van der Waals surface area (Å²) < 4.78 is 11.7. The van der Waals surface area contributed by atoms with Gasteiger partial charge in [0, 0.05) is 0 Å². The smallest absolute Gasteiger partial charge is 0.119 e. The Morgan fingerprint density at radius 3 is 2.56 bits per heavy atom. The molecule has 0 aliphatic heterocycles. The Bertz CT molecular complexity index is 336. The van der Waals surface area contributed by atoms with E-state index in [0.717, 1.165) is 18.7 Å². The van der Waals surface area contributed by atoms with E-state index in [4.69, 9.17) is 9.47 Å². The molecule has 100 valence electrons. The average molecular weight is 249 g/mol. The van der Waals surface area contributed by atoms with Crippen molar-refractivity contribution in [2.24, 2.45) is 0 Å². The van der Waals surface area contributed by atoms with Crippen LogP contribution in [-0.2, 0) is 4.74 Å². The molecule has 0 unspecified atom stereocenters. The first-order valence-electron chi connectivity index (χ1n) is 6.81. The summed E-state index contributed by atoms with van der Waals surface area (Å²) in [6.45, 7) is 2.34. The minimum absolute atomic E-state index is 0.128. The van der Waals surface area contributed by atoms with Crippen LogP contribution in [-0.4, -0.2) is 32.4 Å². The van der Waals surface area contributed by atoms with Crippen molar-refractivity contribution in [2.45, 2.75) is 31.3 Å². The van der Waals surface area contributed by atoms with Crippen LogP contribution < -0.4 is 10.1 Å². The van der Waals surface area contributed by atoms with E-state index < -0.39 is 0 Å². The molecule has 0 bridgehead atoms. The van der Waals surface area contributed by atoms with Crippen LogP contribution in [0.5, 0.6) is 5.75 Å². The fourth-order valence-electron chi connectivity index (χ4n) is 2.32. The Morgan fingerprint density at radius 2 is 1.94 bits per heavy atom. The van der Waals surface area contributed by atoms with Crippen molar-refractivity contribution >= 4 is 0 Å². The lowest BCUT2D eigenvalue weighted by atomic mass is 9.77. The summed E-state index contributed by atoms with van der Waals surface area (Å²) >= 11 is 0. The van der Waals surface area contributed by atoms with Gasteiger partial charge in [-0.05, 0) is 51.4 Å². The lowest BCUT2D eigenvalue weighted by Crippen LogP contribution is -2.43. The molecule has 0 atom stereocenters. The van der Waals surface area contributed by atoms with Gasteiger partial charge in [0.15, 0.2) is 0 Å². The third-order valence-corrected chi connectivity index (χ3v) is 3.60. The number of hydrogen-bond donors (Lipinski definition) is 1. The first kappa shape index (κ1) is 13.4. The molecule has 0 saturated heterocycles. The molecule has 0 heterocycles. The van der Waals surface area contributed by atoms with E-state index in [1.54, 1.807) is 0 Å². The SMILES string of the molecule is CNCCC1(OCCOc2ccccc2)CCC1. The summed E-state index contributed by atoms with van der Waals surface area (Å²) in [5, 5.41) is 3.20. The number of nitrogens with one attached hydrogen (secondary N) is 1. The molecule has 0 aromatic heterocycles. The van der Waals surface area contributed by atoms with Gasteiger partial charge in [0.05, 0.1) is 12.2 Å². The van der Waals surface area contributed by atoms with Crippen LogP contribution in [0.15, 0.2) is 30.3 Å². The zero-order valence-electron chi connectivity index (χ0n) is 11.2. The number of benzene rings is 1. The molecule has 1 N–H and O–H groups in total. The minimum Gasteiger partial charge on any atom is -0.491 e. The molecule has 1 saturated carbocycles. The first-order valence-corrected chi connectivity index (χ1v) is 6.81. The van der Waals surface area contributed by atoms with Crippen molar-refractivity contribution in [1.29, 1.82) is 0 Å². The summed E-state index contributed by atoms with van der Waals surface area (Å²) in [7, 11) is 1.99. The highest BCUT2D eigenvalue weighted by atomic mass is 16.5. The third-order valence-electron chi connectivity index (χ3n) is 3.60. The maximum Gasteiger partial charge on any atom is 0.119 e. The second-order valence-corrected chi connectivity index (χ2v) is 4.90. The topological polar surface area (TPSA) is 30.5 Å². The van der Waals surface area contributed by atoms with Crippen LogP contribution in [0.3, 0.4) is 0 Å². The predicted molar refractivity (Wildman–Crippen MR) is 73.0 cm³/mol. The molecule has 3 heteroatoms. The number of rotatable bonds is 8. The van der Waals surface area contributed by atoms with Gasteiger partial charge in [0.2, 0.25) is 0 Å². The zero-order chi connectivity index (χ0) is 12.7. The molecule has 0 amide bonds. The standard InChI is InChI=1S/C15H23NO2/c1-16-11-10-15(8-5-9-15)18-13-12-17-14-6-3-2-4-7-14/h2-4,6-7,16H,5,8-13H2,1H3. The van der Waals surface area contributed by atoms with Crippen LogP contribution in [0, 0.1) is 0 Å². The maximum absolute atomic E-state index is 6.02. The van der Waals surface area contributed by atoms with Crippen molar-refractivity contribution in [2.75, 3.05) is 26.8 Å². The number of ether oxygens (including phenoxy) is 2. The van der Waals surface area contributed by atoms with Gasteiger partial charge in [-0.1, -0.05) is 18.2 Å². The van der Waals surface area contributed by atoms with Crippen molar-refractivity contribution in [3.8, 4) is 5.75 Å². The van der Waals surface area contributed by atoms with Crippen LogP contribution >= 0.6 is 0 Å². The molecule has 1 aromatic carbocycles. The summed E-state index contributed by atoms with van der Waals surface area (Å²) in [6.07, 6.45) is 4.79. The molecular formula is C15H23NO2. The first-order chi connectivity index (χ1) is 8.85. The van der Waals surface area contributed by atoms with E-state index in [-0.39, 0.29) is 5.60 Å². The lowest BCUT2D eigenvalue weighted by molar-refractivity contribution is -0.110. The monoisotopic (exact) mass is 249 g/mol. The molecule has 0 spiro atoms. The fraction of sp³-hybridized carbons (Fsp3) is 0.600. The van der Waals surface area contributed by atoms with E-state index >= 15 is 0 Å². The largest absolute Gasteiger partial charge is 0.491 e. The minimum atomic E-state index is 0.128. The molecular weight excluding hydrogens is 226 g/mol. The molecule has 1 aliphatic rings. The van der Waals surface area contributed by atoms with Crippen LogP contribution in [0.4, 0.5) is 0 Å². The highest BCUT2D eigenvalue weighted by molar-refractivity contribution is 5.20. The Balaban J connectivity index is 1.65. The average Bonchev–Trinajstić information content (AvgIpc) is 2.37. The van der Waals surface area contributed by atoms with E-state index in [1.165, 1.54) is 19.3 Å². The van der Waals surface area contributed by atoms with Gasteiger partial charge >= 0.3 is 0 Å². The highest BCUT2D eigenvalue weighted by Crippen LogP contribution is 2.38. The fourth-order valence-corrected chi connectivity index (χ4v) is 2.32. The maximum atomic E-state index is 6.02. The normalized spacial score (nSPS) is 17.2. The second kappa shape index (κ2) is 6.76. The number of para-hydroxylation sites is 1. The second-order valence-electron chi connectivity index (χ2n) is 4.90. The molecule has 3 nitrogen and oxygen atoms in total. The lowest BCUT2D eigenvalue weighted by Gasteiger charge is -2.41. The van der Waals surface area contributed by atoms with Crippen molar-refractivity contribution in [3.63, 3.8) is 0 Å². The van der Waals surface area contributed by atoms with Crippen molar-refractivity contribution in [1.82, 2.24) is 5.32 Å². The van der Waals surface area contributed by atoms with Crippen molar-refractivity contribution < 1.29 is 9.47 Å². The molecule has 1 aromatic rings. The Hall–Kier alpha value is -1.06. The van der Waals surface area contributed by atoms with E-state index in [9.17, 15) is 0 Å². The Kier molecular flexibility index (Phi) is 5.02. The molecule has 1 fully saturated rings. The Labute approximate surface area is 109 Å². The van der Waals surface area contributed by atoms with Crippen LogP contribution in [0.1, 0.15) is 25.7 Å². The molecule has 0 radical (unpaired) electrons. The summed E-state index contributed by atoms with van der Waals surface area (Å²) in [5.41, 5.74) is 0.128. The van der Waals surface area contributed by atoms with Gasteiger partial charge in [-0.15, -0.1) is 0 Å². The predicted octanol–water partition coefficient (Wildman–Crippen LogP) is 2.61. The molecule has 1 aliphatic carbocycles. The third kappa shape index (κ3) is 3.72. The van der Waals surface area contributed by atoms with Crippen molar-refractivity contribution in [3.05, 3.63) is 30.3 Å². The Morgan fingerprint density at radius 1 is 1.17 bits per heavy atom. The van der Waals surface area contributed by atoms with E-state index in [0.29, 0.717) is 13.2 Å². The van der Waals surface area contributed by atoms with Gasteiger partial charge in [0.1, 0.15) is 12.4 Å². The summed E-state index contributed by atoms with van der Waals surface area (Å²) in [4.78, 5) is 0. The summed E-state index contributed by atoms with van der Waals surface area (Å²) in [6, 6.07) is 9.90. The van der Waals surface area contributed by atoms with Crippen LogP contribution in [0.25, 0.3) is 0 Å². The van der Waals surface area contributed by atoms with Crippen LogP contribution in [0.2, 0.25) is 0 Å². The highest BCUT2D eigenvalue weighted by Gasteiger charge is 2.37.